The fourth-order valence-corrected chi connectivity index (χ4v) is 4.03. The molecule has 2 heterocycles. The predicted octanol–water partition coefficient (Wildman–Crippen LogP) is 3.43. The fraction of sp³-hybridized carbons (Fsp3) is 0.611. The highest BCUT2D eigenvalue weighted by atomic mass is 35.5. The van der Waals surface area contributed by atoms with E-state index in [9.17, 15) is 9.18 Å². The molecule has 2 saturated heterocycles. The van der Waals surface area contributed by atoms with Crippen LogP contribution in [0.5, 0.6) is 0 Å². The van der Waals surface area contributed by atoms with Gasteiger partial charge in [0.05, 0.1) is 5.02 Å². The first-order chi connectivity index (χ1) is 11.1. The number of carbonyl (C=O) groups is 1. The van der Waals surface area contributed by atoms with E-state index in [1.807, 2.05) is 11.0 Å². The van der Waals surface area contributed by atoms with Gasteiger partial charge < -0.3 is 10.2 Å². The molecule has 0 spiro atoms. The Morgan fingerprint density at radius 3 is 2.74 bits per heavy atom. The van der Waals surface area contributed by atoms with Gasteiger partial charge >= 0.3 is 0 Å². The molecule has 0 unspecified atom stereocenters. The first kappa shape index (κ1) is 16.7. The summed E-state index contributed by atoms with van der Waals surface area (Å²) in [5.41, 5.74) is 0.958. The third kappa shape index (κ3) is 3.53. The van der Waals surface area contributed by atoms with Crippen LogP contribution in [-0.2, 0) is 4.79 Å². The first-order valence-electron chi connectivity index (χ1n) is 8.54. The van der Waals surface area contributed by atoms with Gasteiger partial charge in [-0.1, -0.05) is 31.0 Å². The highest BCUT2D eigenvalue weighted by Gasteiger charge is 2.37. The van der Waals surface area contributed by atoms with Crippen LogP contribution in [0.4, 0.5) is 4.39 Å². The second-order valence-corrected chi connectivity index (χ2v) is 7.12. The van der Waals surface area contributed by atoms with E-state index in [2.05, 4.69) is 12.2 Å². The van der Waals surface area contributed by atoms with Gasteiger partial charge in [-0.25, -0.2) is 4.39 Å². The Morgan fingerprint density at radius 2 is 2.09 bits per heavy atom. The molecule has 3 rings (SSSR count). The molecule has 1 aromatic rings. The van der Waals surface area contributed by atoms with Crippen LogP contribution in [0.3, 0.4) is 0 Å². The van der Waals surface area contributed by atoms with E-state index < -0.39 is 0 Å². The quantitative estimate of drug-likeness (QED) is 0.915. The lowest BCUT2D eigenvalue weighted by atomic mass is 9.87. The molecule has 0 saturated carbocycles. The standard InChI is InChI=1S/C18H24ClFN2O/c1-2-12-10-22(18(23)13-5-7-21-8-6-13)11-15(12)14-3-4-16(19)17(20)9-14/h3-4,9,12-13,15,21H,2,5-8,10-11H2,1H3/t12-,15-/m1/s1. The van der Waals surface area contributed by atoms with E-state index >= 15 is 0 Å². The molecule has 5 heteroatoms. The molecule has 0 aliphatic carbocycles. The third-order valence-electron chi connectivity index (χ3n) is 5.34. The molecule has 3 nitrogen and oxygen atoms in total. The summed E-state index contributed by atoms with van der Waals surface area (Å²) in [6.07, 6.45) is 2.84. The van der Waals surface area contributed by atoms with Gasteiger partial charge in [-0.15, -0.1) is 0 Å². The number of amides is 1. The largest absolute Gasteiger partial charge is 0.342 e. The van der Waals surface area contributed by atoms with Gasteiger partial charge in [-0.05, 0) is 49.5 Å². The Hall–Kier alpha value is -1.13. The molecular formula is C18H24ClFN2O. The number of likely N-dealkylation sites (tertiary alicyclic amines) is 1. The Labute approximate surface area is 142 Å². The molecule has 1 aromatic carbocycles. The SMILES string of the molecule is CC[C@@H]1CN(C(=O)C2CCNCC2)C[C@H]1c1ccc(Cl)c(F)c1. The number of piperidine rings is 1. The zero-order valence-electron chi connectivity index (χ0n) is 13.5. The van der Waals surface area contributed by atoms with Crippen LogP contribution in [0.15, 0.2) is 18.2 Å². The number of hydrogen-bond acceptors (Lipinski definition) is 2. The zero-order valence-corrected chi connectivity index (χ0v) is 14.3. The van der Waals surface area contributed by atoms with Crippen LogP contribution < -0.4 is 5.32 Å². The maximum Gasteiger partial charge on any atom is 0.225 e. The van der Waals surface area contributed by atoms with Crippen LogP contribution in [0.2, 0.25) is 5.02 Å². The summed E-state index contributed by atoms with van der Waals surface area (Å²) in [5, 5.41) is 3.46. The maximum atomic E-state index is 13.8. The average molecular weight is 339 g/mol. The monoisotopic (exact) mass is 338 g/mol. The number of nitrogens with zero attached hydrogens (tertiary/aromatic N) is 1. The van der Waals surface area contributed by atoms with E-state index in [0.29, 0.717) is 12.5 Å². The van der Waals surface area contributed by atoms with E-state index in [0.717, 1.165) is 44.5 Å². The highest BCUT2D eigenvalue weighted by Crippen LogP contribution is 2.36. The summed E-state index contributed by atoms with van der Waals surface area (Å²) < 4.78 is 13.8. The van der Waals surface area contributed by atoms with E-state index in [1.165, 1.54) is 6.07 Å². The minimum atomic E-state index is -0.373. The molecule has 0 radical (unpaired) electrons. The molecule has 1 amide bonds. The lowest BCUT2D eigenvalue weighted by molar-refractivity contribution is -0.135. The van der Waals surface area contributed by atoms with Crippen LogP contribution in [0.1, 0.15) is 37.7 Å². The van der Waals surface area contributed by atoms with Gasteiger partial charge in [-0.2, -0.15) is 0 Å². The molecule has 2 fully saturated rings. The molecule has 0 bridgehead atoms. The number of nitrogens with one attached hydrogen (secondary N) is 1. The molecule has 23 heavy (non-hydrogen) atoms. The first-order valence-corrected chi connectivity index (χ1v) is 8.92. The summed E-state index contributed by atoms with van der Waals surface area (Å²) in [6, 6.07) is 5.06. The van der Waals surface area contributed by atoms with E-state index in [1.54, 1.807) is 6.07 Å². The van der Waals surface area contributed by atoms with Gasteiger partial charge in [0.15, 0.2) is 0 Å². The minimum Gasteiger partial charge on any atom is -0.342 e. The molecule has 2 aliphatic heterocycles. The number of hydrogen-bond donors (Lipinski definition) is 1. The topological polar surface area (TPSA) is 32.3 Å². The minimum absolute atomic E-state index is 0.148. The van der Waals surface area contributed by atoms with E-state index in [-0.39, 0.29) is 28.6 Å². The summed E-state index contributed by atoms with van der Waals surface area (Å²) in [4.78, 5) is 14.8. The average Bonchev–Trinajstić information content (AvgIpc) is 3.02. The number of carbonyl (C=O) groups excluding carboxylic acids is 1. The Morgan fingerprint density at radius 1 is 1.35 bits per heavy atom. The van der Waals surface area contributed by atoms with Crippen LogP contribution in [0.25, 0.3) is 0 Å². The van der Waals surface area contributed by atoms with Gasteiger partial charge in [0.2, 0.25) is 5.91 Å². The van der Waals surface area contributed by atoms with Crippen molar-refractivity contribution in [1.29, 1.82) is 0 Å². The normalized spacial score (nSPS) is 25.8. The molecule has 0 aromatic heterocycles. The van der Waals surface area contributed by atoms with Gasteiger partial charge in [0, 0.05) is 24.9 Å². The van der Waals surface area contributed by atoms with Crippen molar-refractivity contribution < 1.29 is 9.18 Å². The van der Waals surface area contributed by atoms with Gasteiger partial charge in [-0.3, -0.25) is 4.79 Å². The number of benzene rings is 1. The fourth-order valence-electron chi connectivity index (χ4n) is 3.91. The Bertz CT molecular complexity index is 574. The van der Waals surface area contributed by atoms with Gasteiger partial charge in [0.25, 0.3) is 0 Å². The zero-order chi connectivity index (χ0) is 16.4. The Kier molecular flexibility index (Phi) is 5.22. The van der Waals surface area contributed by atoms with Crippen LogP contribution in [0, 0.1) is 17.7 Å². The maximum absolute atomic E-state index is 13.8. The van der Waals surface area contributed by atoms with Crippen molar-refractivity contribution in [3.05, 3.63) is 34.6 Å². The Balaban J connectivity index is 1.74. The van der Waals surface area contributed by atoms with Crippen molar-refractivity contribution >= 4 is 17.5 Å². The lowest BCUT2D eigenvalue weighted by Gasteiger charge is -2.27. The van der Waals surface area contributed by atoms with Crippen molar-refractivity contribution in [2.45, 2.75) is 32.1 Å². The second-order valence-electron chi connectivity index (χ2n) is 6.72. The molecule has 126 valence electrons. The van der Waals surface area contributed by atoms with Crippen LogP contribution >= 0.6 is 11.6 Å². The van der Waals surface area contributed by atoms with Crippen molar-refractivity contribution in [2.24, 2.45) is 11.8 Å². The predicted molar refractivity (Wildman–Crippen MR) is 90.1 cm³/mol. The number of rotatable bonds is 3. The van der Waals surface area contributed by atoms with Crippen molar-refractivity contribution in [1.82, 2.24) is 10.2 Å². The molecule has 1 N–H and O–H groups in total. The summed E-state index contributed by atoms with van der Waals surface area (Å²) >= 11 is 5.79. The second kappa shape index (κ2) is 7.18. The summed E-state index contributed by atoms with van der Waals surface area (Å²) in [5.74, 6) is 0.650. The lowest BCUT2D eigenvalue weighted by Crippen LogP contribution is -2.40. The molecule has 2 aliphatic rings. The molecular weight excluding hydrogens is 315 g/mol. The summed E-state index contributed by atoms with van der Waals surface area (Å²) in [7, 11) is 0. The van der Waals surface area contributed by atoms with Crippen molar-refractivity contribution in [3.63, 3.8) is 0 Å². The number of halogens is 2. The van der Waals surface area contributed by atoms with Gasteiger partial charge in [0.1, 0.15) is 5.82 Å². The smallest absolute Gasteiger partial charge is 0.225 e. The molecule has 2 atom stereocenters. The van der Waals surface area contributed by atoms with E-state index in [4.69, 9.17) is 11.6 Å². The van der Waals surface area contributed by atoms with Crippen molar-refractivity contribution in [3.8, 4) is 0 Å². The van der Waals surface area contributed by atoms with Crippen LogP contribution in [-0.4, -0.2) is 37.0 Å². The van der Waals surface area contributed by atoms with Crippen molar-refractivity contribution in [2.75, 3.05) is 26.2 Å². The highest BCUT2D eigenvalue weighted by molar-refractivity contribution is 6.30. The summed E-state index contributed by atoms with van der Waals surface area (Å²) in [6.45, 7) is 5.47. The third-order valence-corrected chi connectivity index (χ3v) is 5.64.